The fourth-order valence-electron chi connectivity index (χ4n) is 2.02. The maximum absolute atomic E-state index is 11.6. The first-order chi connectivity index (χ1) is 9.53. The smallest absolute Gasteiger partial charge is 0.337 e. The van der Waals surface area contributed by atoms with Gasteiger partial charge in [0.15, 0.2) is 0 Å². The van der Waals surface area contributed by atoms with Gasteiger partial charge in [0, 0.05) is 30.4 Å². The van der Waals surface area contributed by atoms with Gasteiger partial charge in [-0.2, -0.15) is 0 Å². The van der Waals surface area contributed by atoms with E-state index in [1.165, 1.54) is 6.08 Å². The molecule has 4 nitrogen and oxygen atoms in total. The van der Waals surface area contributed by atoms with Crippen LogP contribution in [0.4, 0.5) is 0 Å². The summed E-state index contributed by atoms with van der Waals surface area (Å²) in [7, 11) is 0. The van der Waals surface area contributed by atoms with Crippen LogP contribution in [0.5, 0.6) is 0 Å². The zero-order valence-corrected chi connectivity index (χ0v) is 11.9. The van der Waals surface area contributed by atoms with Gasteiger partial charge in [-0.3, -0.25) is 0 Å². The molecule has 0 unspecified atom stereocenters. The van der Waals surface area contributed by atoms with E-state index in [0.717, 1.165) is 16.8 Å². The molecule has 20 heavy (non-hydrogen) atoms. The van der Waals surface area contributed by atoms with E-state index in [1.807, 2.05) is 29.6 Å². The molecule has 1 aromatic heterocycles. The molecule has 102 valence electrons. The SMILES string of the molecule is CC1(C)OC(=O)C=C(c2cccc(-c3cscn3)c2)O1. The van der Waals surface area contributed by atoms with Crippen LogP contribution in [0, 0.1) is 0 Å². The molecular formula is C15H13NO3S. The summed E-state index contributed by atoms with van der Waals surface area (Å²) in [6.07, 6.45) is 1.37. The number of nitrogens with zero attached hydrogens (tertiary/aromatic N) is 1. The molecule has 0 saturated heterocycles. The zero-order valence-electron chi connectivity index (χ0n) is 11.1. The van der Waals surface area contributed by atoms with Crippen molar-refractivity contribution in [3.8, 4) is 11.3 Å². The number of hydrogen-bond acceptors (Lipinski definition) is 5. The fraction of sp³-hybridized carbons (Fsp3) is 0.200. The topological polar surface area (TPSA) is 48.4 Å². The molecule has 3 rings (SSSR count). The average molecular weight is 287 g/mol. The number of carbonyl (C=O) groups is 1. The summed E-state index contributed by atoms with van der Waals surface area (Å²) in [5, 5.41) is 1.98. The maximum Gasteiger partial charge on any atom is 0.337 e. The number of esters is 1. The molecule has 1 aliphatic heterocycles. The third-order valence-corrected chi connectivity index (χ3v) is 3.41. The molecule has 1 aromatic carbocycles. The van der Waals surface area contributed by atoms with Crippen LogP contribution < -0.4 is 0 Å². The van der Waals surface area contributed by atoms with Crippen LogP contribution in [-0.2, 0) is 14.3 Å². The number of thiazole rings is 1. The minimum absolute atomic E-state index is 0.393. The van der Waals surface area contributed by atoms with Gasteiger partial charge in [0.25, 0.3) is 0 Å². The Morgan fingerprint density at radius 1 is 1.20 bits per heavy atom. The van der Waals surface area contributed by atoms with Crippen LogP contribution in [-0.4, -0.2) is 16.7 Å². The van der Waals surface area contributed by atoms with Crippen molar-refractivity contribution < 1.29 is 14.3 Å². The third-order valence-electron chi connectivity index (χ3n) is 2.83. The molecule has 0 fully saturated rings. The number of carbonyl (C=O) groups excluding carboxylic acids is 1. The second-order valence-corrected chi connectivity index (χ2v) is 5.60. The summed E-state index contributed by atoms with van der Waals surface area (Å²) in [4.78, 5) is 15.9. The van der Waals surface area contributed by atoms with Crippen molar-refractivity contribution in [2.45, 2.75) is 19.6 Å². The predicted octanol–water partition coefficient (Wildman–Crippen LogP) is 3.46. The first-order valence-electron chi connectivity index (χ1n) is 6.16. The van der Waals surface area contributed by atoms with Gasteiger partial charge >= 0.3 is 5.97 Å². The lowest BCUT2D eigenvalue weighted by Crippen LogP contribution is -2.33. The Kier molecular flexibility index (Phi) is 3.06. The van der Waals surface area contributed by atoms with Crippen LogP contribution in [0.3, 0.4) is 0 Å². The van der Waals surface area contributed by atoms with Crippen molar-refractivity contribution >= 4 is 23.1 Å². The molecule has 0 radical (unpaired) electrons. The highest BCUT2D eigenvalue weighted by molar-refractivity contribution is 7.07. The van der Waals surface area contributed by atoms with E-state index in [-0.39, 0.29) is 0 Å². The number of cyclic esters (lactones) is 1. The quantitative estimate of drug-likeness (QED) is 0.794. The van der Waals surface area contributed by atoms with E-state index in [9.17, 15) is 4.79 Å². The van der Waals surface area contributed by atoms with Crippen LogP contribution in [0.25, 0.3) is 17.0 Å². The lowest BCUT2D eigenvalue weighted by Gasteiger charge is -2.30. The average Bonchev–Trinajstić information content (AvgIpc) is 2.90. The van der Waals surface area contributed by atoms with Gasteiger partial charge in [0.05, 0.1) is 17.3 Å². The summed E-state index contributed by atoms with van der Waals surface area (Å²) in [6.45, 7) is 3.42. The Hall–Kier alpha value is -2.14. The molecule has 2 aromatic rings. The van der Waals surface area contributed by atoms with Crippen molar-refractivity contribution in [2.75, 3.05) is 0 Å². The normalized spacial score (nSPS) is 17.1. The number of ether oxygens (including phenoxy) is 2. The van der Waals surface area contributed by atoms with Gasteiger partial charge in [0.1, 0.15) is 5.76 Å². The summed E-state index contributed by atoms with van der Waals surface area (Å²) < 4.78 is 10.8. The number of aromatic nitrogens is 1. The van der Waals surface area contributed by atoms with Gasteiger partial charge in [-0.05, 0) is 6.07 Å². The van der Waals surface area contributed by atoms with Crippen molar-refractivity contribution in [1.29, 1.82) is 0 Å². The van der Waals surface area contributed by atoms with Crippen LogP contribution in [0.15, 0.2) is 41.2 Å². The molecule has 0 atom stereocenters. The zero-order chi connectivity index (χ0) is 14.2. The van der Waals surface area contributed by atoms with Crippen molar-refractivity contribution in [2.24, 2.45) is 0 Å². The third kappa shape index (κ3) is 2.58. The number of hydrogen-bond donors (Lipinski definition) is 0. The molecule has 0 N–H and O–H groups in total. The van der Waals surface area contributed by atoms with E-state index < -0.39 is 11.8 Å². The van der Waals surface area contributed by atoms with E-state index in [2.05, 4.69) is 4.98 Å². The van der Waals surface area contributed by atoms with Gasteiger partial charge in [-0.25, -0.2) is 9.78 Å². The summed E-state index contributed by atoms with van der Waals surface area (Å²) in [6, 6.07) is 7.75. The molecule has 0 aliphatic carbocycles. The fourth-order valence-corrected chi connectivity index (χ4v) is 2.58. The first-order valence-corrected chi connectivity index (χ1v) is 7.10. The highest BCUT2D eigenvalue weighted by atomic mass is 32.1. The van der Waals surface area contributed by atoms with Gasteiger partial charge in [0.2, 0.25) is 5.79 Å². The molecule has 0 amide bonds. The minimum Gasteiger partial charge on any atom is -0.452 e. The van der Waals surface area contributed by atoms with Crippen molar-refractivity contribution in [1.82, 2.24) is 4.98 Å². The van der Waals surface area contributed by atoms with E-state index >= 15 is 0 Å². The lowest BCUT2D eigenvalue weighted by atomic mass is 10.1. The highest BCUT2D eigenvalue weighted by Crippen LogP contribution is 2.30. The summed E-state index contributed by atoms with van der Waals surface area (Å²) in [5.74, 6) is -0.823. The summed E-state index contributed by atoms with van der Waals surface area (Å²) >= 11 is 1.54. The lowest BCUT2D eigenvalue weighted by molar-refractivity contribution is -0.193. The molecule has 2 heterocycles. The van der Waals surface area contributed by atoms with Gasteiger partial charge in [-0.15, -0.1) is 11.3 Å². The van der Waals surface area contributed by atoms with E-state index in [1.54, 1.807) is 30.7 Å². The molecule has 1 aliphatic rings. The second-order valence-electron chi connectivity index (χ2n) is 4.89. The first kappa shape index (κ1) is 12.9. The van der Waals surface area contributed by atoms with E-state index in [4.69, 9.17) is 9.47 Å². The molecule has 5 heteroatoms. The Balaban J connectivity index is 1.99. The van der Waals surface area contributed by atoms with Crippen LogP contribution in [0.2, 0.25) is 0 Å². The highest BCUT2D eigenvalue weighted by Gasteiger charge is 2.30. The minimum atomic E-state index is -0.947. The Labute approximate surface area is 120 Å². The van der Waals surface area contributed by atoms with Gasteiger partial charge < -0.3 is 9.47 Å². The molecule has 0 bridgehead atoms. The van der Waals surface area contributed by atoms with Crippen LogP contribution in [0.1, 0.15) is 19.4 Å². The molecule has 0 spiro atoms. The Bertz CT molecular complexity index is 674. The maximum atomic E-state index is 11.6. The molecular weight excluding hydrogens is 274 g/mol. The standard InChI is InChI=1S/C15H13NO3S/c1-15(2)18-13(7-14(17)19-15)11-5-3-4-10(6-11)12-8-20-9-16-12/h3-9H,1-2H3. The monoisotopic (exact) mass is 287 g/mol. The van der Waals surface area contributed by atoms with Gasteiger partial charge in [-0.1, -0.05) is 18.2 Å². The van der Waals surface area contributed by atoms with Crippen molar-refractivity contribution in [3.05, 3.63) is 46.8 Å². The summed E-state index contributed by atoms with van der Waals surface area (Å²) in [5.41, 5.74) is 4.53. The second kappa shape index (κ2) is 4.76. The number of rotatable bonds is 2. The molecule has 0 saturated carbocycles. The van der Waals surface area contributed by atoms with E-state index in [0.29, 0.717) is 5.76 Å². The predicted molar refractivity (Wildman–Crippen MR) is 76.8 cm³/mol. The Morgan fingerprint density at radius 2 is 2.00 bits per heavy atom. The largest absolute Gasteiger partial charge is 0.452 e. The number of benzene rings is 1. The van der Waals surface area contributed by atoms with Crippen molar-refractivity contribution in [3.63, 3.8) is 0 Å². The Morgan fingerprint density at radius 3 is 2.70 bits per heavy atom. The van der Waals surface area contributed by atoms with Crippen LogP contribution >= 0.6 is 11.3 Å².